The van der Waals surface area contributed by atoms with Crippen molar-refractivity contribution < 1.29 is 19.1 Å². The first-order valence-corrected chi connectivity index (χ1v) is 10.4. The molecule has 0 N–H and O–H groups in total. The van der Waals surface area contributed by atoms with Gasteiger partial charge in [-0.15, -0.1) is 0 Å². The number of benzene rings is 2. The molecule has 0 spiro atoms. The Morgan fingerprint density at radius 2 is 1.41 bits per heavy atom. The van der Waals surface area contributed by atoms with E-state index in [4.69, 9.17) is 9.47 Å². The standard InChI is InChI=1S/C25H32O4/c1-5-22(28-23(26)20-13-9-7-10-14-20)17-19(3)18-25(4,6-2)29-24(27)21-15-11-8-12-16-21/h7-16,19,22H,5-6,17-18H2,1-4H3. The van der Waals surface area contributed by atoms with E-state index in [1.807, 2.05) is 57.2 Å². The van der Waals surface area contributed by atoms with Gasteiger partial charge in [-0.2, -0.15) is 0 Å². The van der Waals surface area contributed by atoms with E-state index in [-0.39, 0.29) is 24.0 Å². The zero-order valence-corrected chi connectivity index (χ0v) is 17.9. The average Bonchev–Trinajstić information content (AvgIpc) is 2.74. The van der Waals surface area contributed by atoms with Gasteiger partial charge in [-0.3, -0.25) is 0 Å². The van der Waals surface area contributed by atoms with Gasteiger partial charge in [0.25, 0.3) is 0 Å². The Labute approximate surface area is 174 Å². The van der Waals surface area contributed by atoms with Gasteiger partial charge < -0.3 is 9.47 Å². The Bertz CT molecular complexity index is 772. The van der Waals surface area contributed by atoms with E-state index in [0.29, 0.717) is 17.5 Å². The first-order chi connectivity index (χ1) is 13.9. The highest BCUT2D eigenvalue weighted by atomic mass is 16.6. The van der Waals surface area contributed by atoms with Gasteiger partial charge in [-0.25, -0.2) is 9.59 Å². The molecule has 0 aromatic heterocycles. The summed E-state index contributed by atoms with van der Waals surface area (Å²) >= 11 is 0. The molecule has 0 bridgehead atoms. The second-order valence-electron chi connectivity index (χ2n) is 7.91. The van der Waals surface area contributed by atoms with Gasteiger partial charge in [-0.05, 0) is 62.8 Å². The second kappa shape index (κ2) is 10.8. The molecule has 156 valence electrons. The van der Waals surface area contributed by atoms with Gasteiger partial charge in [0.1, 0.15) is 11.7 Å². The quantitative estimate of drug-likeness (QED) is 0.458. The summed E-state index contributed by atoms with van der Waals surface area (Å²) in [5, 5.41) is 0. The molecule has 0 saturated heterocycles. The highest BCUT2D eigenvalue weighted by molar-refractivity contribution is 5.90. The molecule has 2 aromatic rings. The molecule has 4 heteroatoms. The molecule has 0 amide bonds. The summed E-state index contributed by atoms with van der Waals surface area (Å²) in [6, 6.07) is 18.1. The maximum absolute atomic E-state index is 12.5. The zero-order valence-electron chi connectivity index (χ0n) is 17.9. The lowest BCUT2D eigenvalue weighted by atomic mass is 9.87. The molecule has 0 radical (unpaired) electrons. The maximum atomic E-state index is 12.5. The molecule has 0 heterocycles. The zero-order chi connectivity index (χ0) is 21.3. The summed E-state index contributed by atoms with van der Waals surface area (Å²) < 4.78 is 11.6. The van der Waals surface area contributed by atoms with E-state index in [2.05, 4.69) is 6.92 Å². The number of hydrogen-bond donors (Lipinski definition) is 0. The summed E-state index contributed by atoms with van der Waals surface area (Å²) in [6.45, 7) is 8.13. The molecule has 0 saturated carbocycles. The predicted octanol–water partition coefficient (Wildman–Crippen LogP) is 6.06. The van der Waals surface area contributed by atoms with Crippen molar-refractivity contribution in [2.24, 2.45) is 5.92 Å². The molecule has 2 aromatic carbocycles. The third-order valence-corrected chi connectivity index (χ3v) is 5.28. The summed E-state index contributed by atoms with van der Waals surface area (Å²) in [7, 11) is 0. The third kappa shape index (κ3) is 7.04. The van der Waals surface area contributed by atoms with Gasteiger partial charge in [0.05, 0.1) is 11.1 Å². The van der Waals surface area contributed by atoms with Crippen LogP contribution in [0.1, 0.15) is 74.1 Å². The van der Waals surface area contributed by atoms with Crippen LogP contribution in [-0.2, 0) is 9.47 Å². The van der Waals surface area contributed by atoms with Gasteiger partial charge in [0, 0.05) is 0 Å². The van der Waals surface area contributed by atoms with Crippen molar-refractivity contribution >= 4 is 11.9 Å². The number of carbonyl (C=O) groups excluding carboxylic acids is 2. The summed E-state index contributed by atoms with van der Waals surface area (Å²) in [6.07, 6.45) is 2.74. The van der Waals surface area contributed by atoms with Crippen molar-refractivity contribution in [3.63, 3.8) is 0 Å². The van der Waals surface area contributed by atoms with Crippen LogP contribution in [0.3, 0.4) is 0 Å². The van der Waals surface area contributed by atoms with Crippen molar-refractivity contribution in [3.05, 3.63) is 71.8 Å². The minimum atomic E-state index is -0.561. The van der Waals surface area contributed by atoms with Crippen LogP contribution in [0.25, 0.3) is 0 Å². The number of rotatable bonds is 10. The van der Waals surface area contributed by atoms with Crippen LogP contribution in [-0.4, -0.2) is 23.6 Å². The Morgan fingerprint density at radius 3 is 1.90 bits per heavy atom. The van der Waals surface area contributed by atoms with Crippen LogP contribution in [0.15, 0.2) is 60.7 Å². The minimum Gasteiger partial charge on any atom is -0.459 e. The first kappa shape index (κ1) is 22.7. The van der Waals surface area contributed by atoms with E-state index >= 15 is 0 Å². The fourth-order valence-electron chi connectivity index (χ4n) is 3.48. The highest BCUT2D eigenvalue weighted by Gasteiger charge is 2.31. The van der Waals surface area contributed by atoms with Crippen molar-refractivity contribution in [2.75, 3.05) is 0 Å². The molecule has 4 nitrogen and oxygen atoms in total. The van der Waals surface area contributed by atoms with Crippen LogP contribution in [0, 0.1) is 5.92 Å². The Hall–Kier alpha value is -2.62. The monoisotopic (exact) mass is 396 g/mol. The molecule has 0 fully saturated rings. The molecule has 0 aliphatic heterocycles. The number of esters is 2. The Balaban J connectivity index is 1.94. The fraction of sp³-hybridized carbons (Fsp3) is 0.440. The lowest BCUT2D eigenvalue weighted by Gasteiger charge is -2.32. The Morgan fingerprint density at radius 1 is 0.897 bits per heavy atom. The number of ether oxygens (including phenoxy) is 2. The first-order valence-electron chi connectivity index (χ1n) is 10.4. The van der Waals surface area contributed by atoms with Gasteiger partial charge in [0.2, 0.25) is 0 Å². The lowest BCUT2D eigenvalue weighted by molar-refractivity contribution is -0.0261. The van der Waals surface area contributed by atoms with E-state index in [1.54, 1.807) is 24.3 Å². The second-order valence-corrected chi connectivity index (χ2v) is 7.91. The van der Waals surface area contributed by atoms with E-state index in [9.17, 15) is 9.59 Å². The van der Waals surface area contributed by atoms with Crippen LogP contribution in [0.5, 0.6) is 0 Å². The molecule has 0 aliphatic rings. The Kier molecular flexibility index (Phi) is 8.44. The van der Waals surface area contributed by atoms with Crippen LogP contribution in [0.4, 0.5) is 0 Å². The maximum Gasteiger partial charge on any atom is 0.338 e. The average molecular weight is 397 g/mol. The van der Waals surface area contributed by atoms with Crippen molar-refractivity contribution in [2.45, 2.75) is 65.1 Å². The summed E-state index contributed by atoms with van der Waals surface area (Å²) in [4.78, 5) is 24.8. The van der Waals surface area contributed by atoms with Crippen molar-refractivity contribution in [1.29, 1.82) is 0 Å². The molecule has 3 unspecified atom stereocenters. The van der Waals surface area contributed by atoms with Gasteiger partial charge in [-0.1, -0.05) is 57.2 Å². The van der Waals surface area contributed by atoms with Crippen molar-refractivity contribution in [1.82, 2.24) is 0 Å². The molecular formula is C25H32O4. The number of carbonyl (C=O) groups is 2. The molecule has 0 aliphatic carbocycles. The van der Waals surface area contributed by atoms with E-state index in [1.165, 1.54) is 0 Å². The fourth-order valence-corrected chi connectivity index (χ4v) is 3.48. The largest absolute Gasteiger partial charge is 0.459 e. The topological polar surface area (TPSA) is 52.6 Å². The van der Waals surface area contributed by atoms with Gasteiger partial charge in [0.15, 0.2) is 0 Å². The lowest BCUT2D eigenvalue weighted by Crippen LogP contribution is -2.34. The minimum absolute atomic E-state index is 0.163. The van der Waals surface area contributed by atoms with Crippen molar-refractivity contribution in [3.8, 4) is 0 Å². The molecular weight excluding hydrogens is 364 g/mol. The van der Waals surface area contributed by atoms with Crippen LogP contribution in [0.2, 0.25) is 0 Å². The smallest absolute Gasteiger partial charge is 0.338 e. The number of hydrogen-bond acceptors (Lipinski definition) is 4. The van der Waals surface area contributed by atoms with E-state index < -0.39 is 5.60 Å². The summed E-state index contributed by atoms with van der Waals surface area (Å²) in [5.41, 5.74) is 0.561. The highest BCUT2D eigenvalue weighted by Crippen LogP contribution is 2.29. The van der Waals surface area contributed by atoms with Gasteiger partial charge >= 0.3 is 11.9 Å². The SMILES string of the molecule is CCC(CC(C)CC(C)(CC)OC(=O)c1ccccc1)OC(=O)c1ccccc1. The molecule has 29 heavy (non-hydrogen) atoms. The normalized spacial score (nSPS) is 15.0. The molecule has 3 atom stereocenters. The third-order valence-electron chi connectivity index (χ3n) is 5.28. The molecule has 2 rings (SSSR count). The summed E-state index contributed by atoms with van der Waals surface area (Å²) in [5.74, 6) is -0.361. The van der Waals surface area contributed by atoms with Crippen LogP contribution >= 0.6 is 0 Å². The van der Waals surface area contributed by atoms with E-state index in [0.717, 1.165) is 19.3 Å². The predicted molar refractivity (Wildman–Crippen MR) is 115 cm³/mol. The van der Waals surface area contributed by atoms with Crippen LogP contribution < -0.4 is 0 Å².